The lowest BCUT2D eigenvalue weighted by Gasteiger charge is -2.27. The van der Waals surface area contributed by atoms with E-state index in [0.717, 1.165) is 0 Å². The fraction of sp³-hybridized carbons (Fsp3) is 0.188. The van der Waals surface area contributed by atoms with Crippen LogP contribution in [-0.4, -0.2) is 40.1 Å². The molecule has 0 saturated carbocycles. The summed E-state index contributed by atoms with van der Waals surface area (Å²) >= 11 is 4.98. The van der Waals surface area contributed by atoms with Gasteiger partial charge in [0.25, 0.3) is 11.8 Å². The molecule has 6 nitrogen and oxygen atoms in total. The lowest BCUT2D eigenvalue weighted by atomic mass is 10.1. The summed E-state index contributed by atoms with van der Waals surface area (Å²) in [7, 11) is 0. The molecule has 7 heteroatoms. The normalized spacial score (nSPS) is 16.5. The molecule has 1 saturated heterocycles. The molecule has 0 spiro atoms. The monoisotopic (exact) mass is 332 g/mol. The summed E-state index contributed by atoms with van der Waals surface area (Å²) in [5.74, 6) is -0.789. The average Bonchev–Trinajstić information content (AvgIpc) is 2.51. The van der Waals surface area contributed by atoms with Crippen molar-refractivity contribution in [1.29, 1.82) is 0 Å². The van der Waals surface area contributed by atoms with Crippen molar-refractivity contribution in [1.82, 2.24) is 10.2 Å². The number of amides is 2. The highest BCUT2D eigenvalue weighted by atomic mass is 32.1. The second-order valence-electron chi connectivity index (χ2n) is 4.68. The van der Waals surface area contributed by atoms with Crippen LogP contribution in [0, 0.1) is 0 Å². The van der Waals surface area contributed by atoms with Crippen LogP contribution in [0.15, 0.2) is 36.4 Å². The van der Waals surface area contributed by atoms with Gasteiger partial charge >= 0.3 is 0 Å². The second kappa shape index (κ2) is 7.06. The van der Waals surface area contributed by atoms with Crippen LogP contribution in [0.5, 0.6) is 11.5 Å². The first-order valence-corrected chi connectivity index (χ1v) is 7.34. The van der Waals surface area contributed by atoms with Gasteiger partial charge in [-0.05, 0) is 42.9 Å². The van der Waals surface area contributed by atoms with Crippen molar-refractivity contribution in [3.63, 3.8) is 0 Å². The Hall–Kier alpha value is -2.67. The zero-order valence-corrected chi connectivity index (χ0v) is 13.4. The fourth-order valence-electron chi connectivity index (χ4n) is 2.05. The molecular formula is C16H16N2O4S. The van der Waals surface area contributed by atoms with Crippen LogP contribution >= 0.6 is 12.2 Å². The van der Waals surface area contributed by atoms with Crippen molar-refractivity contribution in [3.05, 3.63) is 42.0 Å². The molecule has 1 aromatic carbocycles. The molecule has 1 aromatic rings. The highest BCUT2D eigenvalue weighted by Crippen LogP contribution is 2.28. The van der Waals surface area contributed by atoms with E-state index in [-0.39, 0.29) is 28.7 Å². The molecule has 2 N–H and O–H groups in total. The zero-order valence-electron chi connectivity index (χ0n) is 12.5. The lowest BCUT2D eigenvalue weighted by molar-refractivity contribution is -0.128. The summed E-state index contributed by atoms with van der Waals surface area (Å²) in [6.45, 7) is 5.94. The first-order valence-electron chi connectivity index (χ1n) is 6.93. The Morgan fingerprint density at radius 3 is 2.83 bits per heavy atom. The highest BCUT2D eigenvalue weighted by molar-refractivity contribution is 7.80. The van der Waals surface area contributed by atoms with E-state index in [1.54, 1.807) is 19.1 Å². The number of phenols is 1. The number of carbonyl (C=O) groups is 2. The average molecular weight is 332 g/mol. The quantitative estimate of drug-likeness (QED) is 0.371. The Morgan fingerprint density at radius 2 is 2.17 bits per heavy atom. The van der Waals surface area contributed by atoms with Gasteiger partial charge in [0, 0.05) is 6.54 Å². The van der Waals surface area contributed by atoms with Crippen molar-refractivity contribution in [3.8, 4) is 11.5 Å². The molecule has 2 amide bonds. The third kappa shape index (κ3) is 3.57. The summed E-state index contributed by atoms with van der Waals surface area (Å²) in [5, 5.41) is 12.2. The number of carbonyl (C=O) groups excluding carboxylic acids is 2. The van der Waals surface area contributed by atoms with Gasteiger partial charge in [-0.25, -0.2) is 0 Å². The molecule has 0 aromatic heterocycles. The van der Waals surface area contributed by atoms with Crippen molar-refractivity contribution in [2.45, 2.75) is 6.92 Å². The molecule has 2 rings (SSSR count). The molecule has 120 valence electrons. The van der Waals surface area contributed by atoms with Gasteiger partial charge in [0.2, 0.25) is 0 Å². The Bertz CT molecular complexity index is 712. The molecule has 1 aliphatic rings. The third-order valence-electron chi connectivity index (χ3n) is 3.09. The molecule has 0 atom stereocenters. The number of rotatable bonds is 5. The van der Waals surface area contributed by atoms with Gasteiger partial charge in [-0.15, -0.1) is 6.58 Å². The molecule has 1 fully saturated rings. The van der Waals surface area contributed by atoms with Crippen molar-refractivity contribution >= 4 is 35.2 Å². The molecule has 0 bridgehead atoms. The predicted molar refractivity (Wildman–Crippen MR) is 89.9 cm³/mol. The summed E-state index contributed by atoms with van der Waals surface area (Å²) in [6.07, 6.45) is 2.95. The lowest BCUT2D eigenvalue weighted by Crippen LogP contribution is -2.53. The zero-order chi connectivity index (χ0) is 17.0. The summed E-state index contributed by atoms with van der Waals surface area (Å²) < 4.78 is 5.29. The molecule has 0 unspecified atom stereocenters. The SMILES string of the molecule is C=CCN1C(=O)C(=Cc2ccc(O)c(OCC)c2)C(=O)NC1=S. The van der Waals surface area contributed by atoms with E-state index in [9.17, 15) is 14.7 Å². The van der Waals surface area contributed by atoms with E-state index >= 15 is 0 Å². The fourth-order valence-corrected chi connectivity index (χ4v) is 2.30. The summed E-state index contributed by atoms with van der Waals surface area (Å²) in [6, 6.07) is 4.57. The minimum atomic E-state index is -0.564. The van der Waals surface area contributed by atoms with Crippen LogP contribution in [0.1, 0.15) is 12.5 Å². The Morgan fingerprint density at radius 1 is 1.43 bits per heavy atom. The van der Waals surface area contributed by atoms with Gasteiger partial charge < -0.3 is 9.84 Å². The maximum absolute atomic E-state index is 12.4. The van der Waals surface area contributed by atoms with Gasteiger partial charge in [0.15, 0.2) is 16.6 Å². The van der Waals surface area contributed by atoms with E-state index in [0.29, 0.717) is 12.2 Å². The molecule has 0 radical (unpaired) electrons. The minimum absolute atomic E-state index is 0.0112. The Kier molecular flexibility index (Phi) is 5.13. The van der Waals surface area contributed by atoms with Crippen molar-refractivity contribution < 1.29 is 19.4 Å². The van der Waals surface area contributed by atoms with E-state index in [1.807, 2.05) is 0 Å². The molecular weight excluding hydrogens is 316 g/mol. The van der Waals surface area contributed by atoms with Gasteiger partial charge in [0.05, 0.1) is 6.61 Å². The van der Waals surface area contributed by atoms with Crippen molar-refractivity contribution in [2.24, 2.45) is 0 Å². The van der Waals surface area contributed by atoms with E-state index in [2.05, 4.69) is 11.9 Å². The standard InChI is InChI=1S/C16H16N2O4S/c1-3-7-18-15(21)11(14(20)17-16(18)23)8-10-5-6-12(19)13(9-10)22-4-2/h3,5-6,8-9,19H,1,4,7H2,2H3,(H,17,20,23). The summed E-state index contributed by atoms with van der Waals surface area (Å²) in [5.41, 5.74) is 0.504. The van der Waals surface area contributed by atoms with Crippen LogP contribution in [-0.2, 0) is 9.59 Å². The highest BCUT2D eigenvalue weighted by Gasteiger charge is 2.32. The molecule has 23 heavy (non-hydrogen) atoms. The topological polar surface area (TPSA) is 78.9 Å². The number of aromatic hydroxyl groups is 1. The first kappa shape index (κ1) is 16.7. The number of phenolic OH excluding ortho intramolecular Hbond substituents is 1. The van der Waals surface area contributed by atoms with E-state index in [4.69, 9.17) is 17.0 Å². The summed E-state index contributed by atoms with van der Waals surface area (Å²) in [4.78, 5) is 25.7. The van der Waals surface area contributed by atoms with Gasteiger partial charge in [-0.3, -0.25) is 19.8 Å². The molecule has 0 aliphatic carbocycles. The first-order chi connectivity index (χ1) is 11.0. The predicted octanol–water partition coefficient (Wildman–Crippen LogP) is 1.60. The number of benzene rings is 1. The van der Waals surface area contributed by atoms with Crippen molar-refractivity contribution in [2.75, 3.05) is 13.2 Å². The van der Waals surface area contributed by atoms with Gasteiger partial charge in [-0.2, -0.15) is 0 Å². The van der Waals surface area contributed by atoms with Gasteiger partial charge in [0.1, 0.15) is 5.57 Å². The number of ether oxygens (including phenoxy) is 1. The number of hydrogen-bond donors (Lipinski definition) is 2. The smallest absolute Gasteiger partial charge is 0.265 e. The van der Waals surface area contributed by atoms with E-state index < -0.39 is 11.8 Å². The number of thiocarbonyl (C=S) groups is 1. The number of hydrogen-bond acceptors (Lipinski definition) is 5. The van der Waals surface area contributed by atoms with Crippen LogP contribution in [0.25, 0.3) is 6.08 Å². The number of nitrogens with zero attached hydrogens (tertiary/aromatic N) is 1. The third-order valence-corrected chi connectivity index (χ3v) is 3.41. The Labute approximate surface area is 139 Å². The molecule has 1 heterocycles. The van der Waals surface area contributed by atoms with Crippen LogP contribution in [0.3, 0.4) is 0 Å². The molecule has 1 aliphatic heterocycles. The van der Waals surface area contributed by atoms with Crippen LogP contribution in [0.2, 0.25) is 0 Å². The van der Waals surface area contributed by atoms with Crippen LogP contribution in [0.4, 0.5) is 0 Å². The second-order valence-corrected chi connectivity index (χ2v) is 5.07. The maximum atomic E-state index is 12.4. The van der Waals surface area contributed by atoms with Crippen LogP contribution < -0.4 is 10.1 Å². The number of nitrogens with one attached hydrogen (secondary N) is 1. The Balaban J connectivity index is 2.38. The largest absolute Gasteiger partial charge is 0.504 e. The van der Waals surface area contributed by atoms with E-state index in [1.165, 1.54) is 23.1 Å². The maximum Gasteiger partial charge on any atom is 0.265 e. The minimum Gasteiger partial charge on any atom is -0.504 e. The van der Waals surface area contributed by atoms with Gasteiger partial charge in [-0.1, -0.05) is 12.1 Å².